The minimum Gasteiger partial charge on any atom is -0.359 e. The standard InChI is InChI=1S/C37H29N3O/c1-3-9-29-31-21-32-30-15-5-6-16-35(30)41-37(32)36(31)40(34(29)10-4-2)28-14-8-12-25(20-28)24-11-7-13-26(19-24)33-23-39-18-17-27(33)22-38/h3-9,11-21,23,30,35,37H,2,10H2,1H3/b9-3-/t30?,35?,37-/m1/s1. The fourth-order valence-corrected chi connectivity index (χ4v) is 6.48. The van der Waals surface area contributed by atoms with E-state index >= 15 is 0 Å². The van der Waals surface area contributed by atoms with Crippen molar-refractivity contribution in [1.29, 1.82) is 5.26 Å². The lowest BCUT2D eigenvalue weighted by molar-refractivity contribution is 0.0700. The van der Waals surface area contributed by atoms with Gasteiger partial charge < -0.3 is 9.30 Å². The van der Waals surface area contributed by atoms with Crippen LogP contribution in [0.3, 0.4) is 0 Å². The van der Waals surface area contributed by atoms with Crippen LogP contribution in [0.1, 0.15) is 41.1 Å². The number of hydrogen-bond donors (Lipinski definition) is 0. The molecule has 7 rings (SSSR count). The van der Waals surface area contributed by atoms with Crippen LogP contribution in [0.2, 0.25) is 0 Å². The van der Waals surface area contributed by atoms with Crippen molar-refractivity contribution in [1.82, 2.24) is 9.55 Å². The van der Waals surface area contributed by atoms with E-state index in [2.05, 4.69) is 108 Å². The van der Waals surface area contributed by atoms with Gasteiger partial charge in [0.1, 0.15) is 6.10 Å². The summed E-state index contributed by atoms with van der Waals surface area (Å²) in [5.41, 5.74) is 11.9. The van der Waals surface area contributed by atoms with E-state index in [9.17, 15) is 5.26 Å². The summed E-state index contributed by atoms with van der Waals surface area (Å²) in [6.45, 7) is 6.16. The molecule has 4 nitrogen and oxygen atoms in total. The van der Waals surface area contributed by atoms with Crippen molar-refractivity contribution in [2.75, 3.05) is 0 Å². The van der Waals surface area contributed by atoms with E-state index in [0.717, 1.165) is 34.4 Å². The van der Waals surface area contributed by atoms with Crippen LogP contribution in [0.25, 0.3) is 40.1 Å². The number of hydrogen-bond acceptors (Lipinski definition) is 3. The Bertz CT molecular complexity index is 1860. The molecule has 198 valence electrons. The van der Waals surface area contributed by atoms with Crippen LogP contribution in [0.4, 0.5) is 0 Å². The summed E-state index contributed by atoms with van der Waals surface area (Å²) < 4.78 is 9.09. The molecule has 2 unspecified atom stereocenters. The topological polar surface area (TPSA) is 50.8 Å². The van der Waals surface area contributed by atoms with Crippen molar-refractivity contribution in [3.63, 3.8) is 0 Å². The highest BCUT2D eigenvalue weighted by atomic mass is 16.5. The zero-order chi connectivity index (χ0) is 27.9. The SMILES string of the molecule is C=CCc1c(/C=C\C)c2c(n1-c1cccc(-c3cccc(-c4cnccc4C#N)c3)c1)[C@@H]1OC3C=CC=CC3C1=C2. The zero-order valence-electron chi connectivity index (χ0n) is 22.9. The molecule has 0 spiro atoms. The summed E-state index contributed by atoms with van der Waals surface area (Å²) in [5, 5.41) is 9.63. The number of rotatable bonds is 6. The minimum absolute atomic E-state index is 0.0700. The van der Waals surface area contributed by atoms with Gasteiger partial charge in [-0.1, -0.05) is 72.9 Å². The molecule has 1 fully saturated rings. The Labute approximate surface area is 240 Å². The van der Waals surface area contributed by atoms with Gasteiger partial charge in [-0.25, -0.2) is 0 Å². The van der Waals surface area contributed by atoms with Crippen molar-refractivity contribution in [2.24, 2.45) is 5.92 Å². The molecular weight excluding hydrogens is 502 g/mol. The lowest BCUT2D eigenvalue weighted by Gasteiger charge is -2.18. The van der Waals surface area contributed by atoms with Gasteiger partial charge in [0.2, 0.25) is 0 Å². The Morgan fingerprint density at radius 3 is 2.68 bits per heavy atom. The Balaban J connectivity index is 1.37. The normalized spacial score (nSPS) is 20.0. The number of allylic oxidation sites excluding steroid dienone is 4. The summed E-state index contributed by atoms with van der Waals surface area (Å²) in [6.07, 6.45) is 21.5. The Hall–Kier alpha value is -4.98. The Morgan fingerprint density at radius 1 is 1.05 bits per heavy atom. The van der Waals surface area contributed by atoms with Gasteiger partial charge in [-0.3, -0.25) is 4.98 Å². The number of pyridine rings is 1. The summed E-state index contributed by atoms with van der Waals surface area (Å²) in [5.74, 6) is 0.270. The molecule has 2 aromatic heterocycles. The highest BCUT2D eigenvalue weighted by molar-refractivity contribution is 5.80. The molecule has 0 saturated carbocycles. The Kier molecular flexibility index (Phi) is 6.23. The summed E-state index contributed by atoms with van der Waals surface area (Å²) >= 11 is 0. The summed E-state index contributed by atoms with van der Waals surface area (Å²) in [7, 11) is 0. The molecule has 4 aromatic rings. The molecule has 3 heterocycles. The second-order valence-electron chi connectivity index (χ2n) is 10.6. The average molecular weight is 532 g/mol. The van der Waals surface area contributed by atoms with Gasteiger partial charge in [0.25, 0.3) is 0 Å². The molecule has 1 saturated heterocycles. The summed E-state index contributed by atoms with van der Waals surface area (Å²) in [6, 6.07) is 21.1. The fraction of sp³-hybridized carbons (Fsp3) is 0.135. The van der Waals surface area contributed by atoms with Crippen LogP contribution in [-0.4, -0.2) is 15.7 Å². The maximum absolute atomic E-state index is 9.63. The number of aromatic nitrogens is 2. The maximum atomic E-state index is 9.63. The first-order valence-electron chi connectivity index (χ1n) is 14.0. The first kappa shape index (κ1) is 25.0. The third-order valence-electron chi connectivity index (χ3n) is 8.24. The molecule has 0 N–H and O–H groups in total. The van der Waals surface area contributed by atoms with Gasteiger partial charge in [-0.2, -0.15) is 5.26 Å². The Morgan fingerprint density at radius 2 is 1.85 bits per heavy atom. The van der Waals surface area contributed by atoms with Crippen LogP contribution >= 0.6 is 0 Å². The fourth-order valence-electron chi connectivity index (χ4n) is 6.48. The monoisotopic (exact) mass is 531 g/mol. The predicted octanol–water partition coefficient (Wildman–Crippen LogP) is 8.42. The third kappa shape index (κ3) is 4.06. The molecule has 2 aromatic carbocycles. The van der Waals surface area contributed by atoms with E-state index in [1.165, 1.54) is 28.1 Å². The first-order chi connectivity index (χ1) is 20.2. The lowest BCUT2D eigenvalue weighted by Crippen LogP contribution is -2.14. The molecule has 3 aliphatic rings. The van der Waals surface area contributed by atoms with Crippen LogP contribution in [0.5, 0.6) is 0 Å². The van der Waals surface area contributed by atoms with E-state index in [4.69, 9.17) is 4.74 Å². The van der Waals surface area contributed by atoms with Gasteiger partial charge in [0.05, 0.1) is 23.4 Å². The van der Waals surface area contributed by atoms with Crippen LogP contribution < -0.4 is 0 Å². The van der Waals surface area contributed by atoms with Crippen molar-refractivity contribution in [3.8, 4) is 34.0 Å². The molecule has 0 bridgehead atoms. The second kappa shape index (κ2) is 10.2. The largest absolute Gasteiger partial charge is 0.359 e. The van der Waals surface area contributed by atoms with E-state index < -0.39 is 0 Å². The third-order valence-corrected chi connectivity index (χ3v) is 8.24. The highest BCUT2D eigenvalue weighted by Crippen LogP contribution is 2.53. The lowest BCUT2D eigenvalue weighted by atomic mass is 9.91. The quantitative estimate of drug-likeness (QED) is 0.235. The molecule has 3 atom stereocenters. The second-order valence-corrected chi connectivity index (χ2v) is 10.6. The van der Waals surface area contributed by atoms with E-state index in [1.807, 2.05) is 18.2 Å². The van der Waals surface area contributed by atoms with E-state index in [1.54, 1.807) is 18.5 Å². The number of ether oxygens (including phenoxy) is 1. The smallest absolute Gasteiger partial charge is 0.121 e. The minimum atomic E-state index is -0.0862. The van der Waals surface area contributed by atoms with Crippen molar-refractivity contribution in [2.45, 2.75) is 25.6 Å². The molecule has 0 amide bonds. The number of fused-ring (bicyclic) bond motifs is 5. The van der Waals surface area contributed by atoms with Crippen molar-refractivity contribution in [3.05, 3.63) is 144 Å². The van der Waals surface area contributed by atoms with Crippen LogP contribution in [-0.2, 0) is 11.2 Å². The molecule has 2 aliphatic carbocycles. The highest BCUT2D eigenvalue weighted by Gasteiger charge is 2.45. The van der Waals surface area contributed by atoms with Gasteiger partial charge in [0, 0.05) is 52.8 Å². The number of nitriles is 1. The van der Waals surface area contributed by atoms with Crippen LogP contribution in [0, 0.1) is 17.2 Å². The molecule has 0 radical (unpaired) electrons. The van der Waals surface area contributed by atoms with Gasteiger partial charge in [0.15, 0.2) is 0 Å². The molecule has 4 heteroatoms. The first-order valence-corrected chi connectivity index (χ1v) is 14.0. The van der Waals surface area contributed by atoms with Crippen LogP contribution in [0.15, 0.2) is 116 Å². The molecule has 41 heavy (non-hydrogen) atoms. The van der Waals surface area contributed by atoms with E-state index in [-0.39, 0.29) is 18.1 Å². The van der Waals surface area contributed by atoms with Gasteiger partial charge >= 0.3 is 0 Å². The van der Waals surface area contributed by atoms with Crippen molar-refractivity contribution >= 4 is 12.2 Å². The zero-order valence-corrected chi connectivity index (χ0v) is 22.9. The average Bonchev–Trinajstić information content (AvgIpc) is 3.65. The number of nitrogens with zero attached hydrogens (tertiary/aromatic N) is 3. The predicted molar refractivity (Wildman–Crippen MR) is 165 cm³/mol. The van der Waals surface area contributed by atoms with E-state index in [0.29, 0.717) is 5.56 Å². The van der Waals surface area contributed by atoms with Gasteiger partial charge in [-0.15, -0.1) is 6.58 Å². The molecular formula is C37H29N3O. The number of benzene rings is 2. The molecule has 1 aliphatic heterocycles. The maximum Gasteiger partial charge on any atom is 0.121 e. The summed E-state index contributed by atoms with van der Waals surface area (Å²) in [4.78, 5) is 4.26. The van der Waals surface area contributed by atoms with Crippen molar-refractivity contribution < 1.29 is 4.74 Å². The van der Waals surface area contributed by atoms with Gasteiger partial charge in [-0.05, 0) is 59.5 Å².